The molecule has 9 heteroatoms. The summed E-state index contributed by atoms with van der Waals surface area (Å²) in [6, 6.07) is 15.1. The Bertz CT molecular complexity index is 1160. The van der Waals surface area contributed by atoms with Gasteiger partial charge < -0.3 is 4.90 Å². The van der Waals surface area contributed by atoms with Gasteiger partial charge in [0.1, 0.15) is 11.6 Å². The monoisotopic (exact) mass is 464 g/mol. The molecule has 0 aliphatic carbocycles. The van der Waals surface area contributed by atoms with Crippen LogP contribution in [0.3, 0.4) is 0 Å². The number of halogens is 3. The quantitative estimate of drug-likeness (QED) is 0.555. The normalized spacial score (nSPS) is 11.2. The zero-order valence-electron chi connectivity index (χ0n) is 16.5. The van der Waals surface area contributed by atoms with Crippen LogP contribution in [0.15, 0.2) is 71.6 Å². The molecule has 3 aromatic carbocycles. The Balaban J connectivity index is 1.63. The fourth-order valence-corrected chi connectivity index (χ4v) is 4.12. The summed E-state index contributed by atoms with van der Waals surface area (Å²) < 4.78 is 54.0. The summed E-state index contributed by atoms with van der Waals surface area (Å²) >= 11 is 6.01. The van der Waals surface area contributed by atoms with Crippen molar-refractivity contribution in [2.24, 2.45) is 0 Å². The van der Waals surface area contributed by atoms with Crippen LogP contribution in [0, 0.1) is 11.6 Å². The molecule has 0 saturated carbocycles. The van der Waals surface area contributed by atoms with E-state index in [4.69, 9.17) is 11.6 Å². The number of rotatable bonds is 7. The number of sulfonamides is 1. The van der Waals surface area contributed by atoms with E-state index in [1.165, 1.54) is 41.3 Å². The molecule has 0 aromatic heterocycles. The predicted molar refractivity (Wildman–Crippen MR) is 115 cm³/mol. The highest BCUT2D eigenvalue weighted by Gasteiger charge is 2.16. The van der Waals surface area contributed by atoms with Crippen molar-refractivity contribution in [3.05, 3.63) is 94.5 Å². The van der Waals surface area contributed by atoms with Gasteiger partial charge in [0.15, 0.2) is 0 Å². The minimum absolute atomic E-state index is 0.0277. The molecular weight excluding hydrogens is 446 g/mol. The van der Waals surface area contributed by atoms with Gasteiger partial charge in [-0.3, -0.25) is 9.52 Å². The predicted octanol–water partition coefficient (Wildman–Crippen LogP) is 4.62. The molecule has 0 unspecified atom stereocenters. The first-order valence-electron chi connectivity index (χ1n) is 9.20. The lowest BCUT2D eigenvalue weighted by molar-refractivity contribution is -0.129. The van der Waals surface area contributed by atoms with Crippen LogP contribution >= 0.6 is 11.6 Å². The Hall–Kier alpha value is -2.97. The Kier molecular flexibility index (Phi) is 6.92. The molecule has 1 N–H and O–H groups in total. The third-order valence-corrected chi connectivity index (χ3v) is 6.32. The standard InChI is InChI=1S/C22H19ClF2N2O3S/c1-27(14-19-20(23)3-2-4-21(19)25)22(28)13-15-5-9-17(10-6-15)26-31(29,30)18-11-7-16(24)8-12-18/h2-12,26H,13-14H2,1H3. The largest absolute Gasteiger partial charge is 0.341 e. The zero-order chi connectivity index (χ0) is 22.6. The zero-order valence-corrected chi connectivity index (χ0v) is 18.1. The summed E-state index contributed by atoms with van der Waals surface area (Å²) in [6.07, 6.45) is 0.0492. The van der Waals surface area contributed by atoms with E-state index in [1.54, 1.807) is 25.2 Å². The fourth-order valence-electron chi connectivity index (χ4n) is 2.84. The van der Waals surface area contributed by atoms with Crippen LogP contribution in [0.1, 0.15) is 11.1 Å². The van der Waals surface area contributed by atoms with Gasteiger partial charge >= 0.3 is 0 Å². The van der Waals surface area contributed by atoms with E-state index >= 15 is 0 Å². The summed E-state index contributed by atoms with van der Waals surface area (Å²) in [5.74, 6) is -1.26. The molecule has 0 aliphatic heterocycles. The van der Waals surface area contributed by atoms with Gasteiger partial charge in [-0.25, -0.2) is 17.2 Å². The van der Waals surface area contributed by atoms with Crippen molar-refractivity contribution in [2.45, 2.75) is 17.9 Å². The number of carbonyl (C=O) groups excluding carboxylic acids is 1. The molecule has 31 heavy (non-hydrogen) atoms. The second-order valence-electron chi connectivity index (χ2n) is 6.88. The fraction of sp³-hybridized carbons (Fsp3) is 0.136. The topological polar surface area (TPSA) is 66.5 Å². The lowest BCUT2D eigenvalue weighted by Gasteiger charge is -2.18. The number of carbonyl (C=O) groups is 1. The summed E-state index contributed by atoms with van der Waals surface area (Å²) in [5, 5.41) is 0.248. The Morgan fingerprint density at radius 2 is 1.65 bits per heavy atom. The number of benzene rings is 3. The number of nitrogens with one attached hydrogen (secondary N) is 1. The number of anilines is 1. The SMILES string of the molecule is CN(Cc1c(F)cccc1Cl)C(=O)Cc1ccc(NS(=O)(=O)c2ccc(F)cc2)cc1. The van der Waals surface area contributed by atoms with Crippen LogP contribution in [0.2, 0.25) is 5.02 Å². The first-order chi connectivity index (χ1) is 14.7. The highest BCUT2D eigenvalue weighted by atomic mass is 35.5. The van der Waals surface area contributed by atoms with Crippen LogP contribution < -0.4 is 4.72 Å². The van der Waals surface area contributed by atoms with Gasteiger partial charge in [-0.15, -0.1) is 0 Å². The van der Waals surface area contributed by atoms with E-state index in [0.29, 0.717) is 11.3 Å². The van der Waals surface area contributed by atoms with Crippen molar-refractivity contribution in [1.82, 2.24) is 4.90 Å². The molecular formula is C22H19ClF2N2O3S. The Morgan fingerprint density at radius 3 is 2.26 bits per heavy atom. The van der Waals surface area contributed by atoms with Crippen LogP contribution in [0.4, 0.5) is 14.5 Å². The van der Waals surface area contributed by atoms with Gasteiger partial charge in [0.25, 0.3) is 10.0 Å². The van der Waals surface area contributed by atoms with Gasteiger partial charge in [0.05, 0.1) is 11.3 Å². The highest BCUT2D eigenvalue weighted by molar-refractivity contribution is 7.92. The van der Waals surface area contributed by atoms with Gasteiger partial charge in [-0.1, -0.05) is 29.8 Å². The maximum Gasteiger partial charge on any atom is 0.261 e. The van der Waals surface area contributed by atoms with E-state index in [0.717, 1.165) is 12.1 Å². The van der Waals surface area contributed by atoms with Crippen molar-refractivity contribution < 1.29 is 22.0 Å². The molecule has 3 rings (SSSR count). The highest BCUT2D eigenvalue weighted by Crippen LogP contribution is 2.21. The van der Waals surface area contributed by atoms with E-state index in [-0.39, 0.29) is 34.4 Å². The van der Waals surface area contributed by atoms with Crippen molar-refractivity contribution in [1.29, 1.82) is 0 Å². The van der Waals surface area contributed by atoms with Gasteiger partial charge in [-0.05, 0) is 54.1 Å². The number of hydrogen-bond acceptors (Lipinski definition) is 3. The molecule has 0 fully saturated rings. The summed E-state index contributed by atoms with van der Waals surface area (Å²) in [4.78, 5) is 13.8. The van der Waals surface area contributed by atoms with E-state index < -0.39 is 21.7 Å². The molecule has 0 spiro atoms. The molecule has 0 atom stereocenters. The lowest BCUT2D eigenvalue weighted by atomic mass is 10.1. The molecule has 0 aliphatic rings. The average molecular weight is 465 g/mol. The van der Waals surface area contributed by atoms with Gasteiger partial charge in [0.2, 0.25) is 5.91 Å². The van der Waals surface area contributed by atoms with E-state index in [1.807, 2.05) is 0 Å². The molecule has 3 aromatic rings. The Labute approximate surface area is 184 Å². The Morgan fingerprint density at radius 1 is 1.00 bits per heavy atom. The van der Waals surface area contributed by atoms with Crippen LogP contribution in [0.25, 0.3) is 0 Å². The number of hydrogen-bond donors (Lipinski definition) is 1. The minimum Gasteiger partial charge on any atom is -0.341 e. The van der Waals surface area contributed by atoms with Crippen molar-refractivity contribution in [3.8, 4) is 0 Å². The maximum absolute atomic E-state index is 13.9. The molecule has 0 saturated heterocycles. The number of nitrogens with zero attached hydrogens (tertiary/aromatic N) is 1. The first-order valence-corrected chi connectivity index (χ1v) is 11.1. The minimum atomic E-state index is -3.86. The summed E-state index contributed by atoms with van der Waals surface area (Å²) in [5.41, 5.74) is 1.19. The third-order valence-electron chi connectivity index (χ3n) is 4.57. The van der Waals surface area contributed by atoms with Crippen molar-refractivity contribution in [3.63, 3.8) is 0 Å². The molecule has 162 valence electrons. The third kappa shape index (κ3) is 5.80. The number of likely N-dealkylation sites (N-methyl/N-ethyl adjacent to an activating group) is 1. The molecule has 0 bridgehead atoms. The molecule has 0 heterocycles. The van der Waals surface area contributed by atoms with Crippen LogP contribution in [-0.4, -0.2) is 26.3 Å². The van der Waals surface area contributed by atoms with E-state index in [9.17, 15) is 22.0 Å². The lowest BCUT2D eigenvalue weighted by Crippen LogP contribution is -2.28. The van der Waals surface area contributed by atoms with Crippen molar-refractivity contribution >= 4 is 33.2 Å². The first kappa shape index (κ1) is 22.7. The van der Waals surface area contributed by atoms with Gasteiger partial charge in [-0.2, -0.15) is 0 Å². The van der Waals surface area contributed by atoms with Crippen LogP contribution in [0.5, 0.6) is 0 Å². The second kappa shape index (κ2) is 9.45. The molecule has 5 nitrogen and oxygen atoms in total. The maximum atomic E-state index is 13.9. The summed E-state index contributed by atoms with van der Waals surface area (Å²) in [6.45, 7) is 0.0277. The second-order valence-corrected chi connectivity index (χ2v) is 8.97. The average Bonchev–Trinajstić information content (AvgIpc) is 2.72. The van der Waals surface area contributed by atoms with E-state index in [2.05, 4.69) is 4.72 Å². The van der Waals surface area contributed by atoms with Crippen LogP contribution in [-0.2, 0) is 27.8 Å². The molecule has 1 amide bonds. The number of amides is 1. The molecule has 0 radical (unpaired) electrons. The van der Waals surface area contributed by atoms with Crippen molar-refractivity contribution in [2.75, 3.05) is 11.8 Å². The summed E-state index contributed by atoms with van der Waals surface area (Å²) in [7, 11) is -2.31. The van der Waals surface area contributed by atoms with Gasteiger partial charge in [0, 0.05) is 29.9 Å². The smallest absolute Gasteiger partial charge is 0.261 e.